The highest BCUT2D eigenvalue weighted by molar-refractivity contribution is 7.18. The summed E-state index contributed by atoms with van der Waals surface area (Å²) in [5.74, 6) is -0.949. The van der Waals surface area contributed by atoms with Crippen LogP contribution in [0.3, 0.4) is 0 Å². The molecule has 0 aliphatic heterocycles. The van der Waals surface area contributed by atoms with Gasteiger partial charge in [0.25, 0.3) is 5.56 Å². The highest BCUT2D eigenvalue weighted by Gasteiger charge is 2.24. The van der Waals surface area contributed by atoms with Crippen molar-refractivity contribution in [2.24, 2.45) is 0 Å². The minimum absolute atomic E-state index is 0.0336. The number of benzene rings is 1. The minimum atomic E-state index is -0.648. The lowest BCUT2D eigenvalue weighted by Gasteiger charge is -2.09. The molecule has 0 bridgehead atoms. The van der Waals surface area contributed by atoms with Crippen LogP contribution in [-0.4, -0.2) is 28.8 Å². The van der Waals surface area contributed by atoms with Gasteiger partial charge in [0.2, 0.25) is 5.91 Å². The molecule has 0 atom stereocenters. The molecule has 0 aliphatic carbocycles. The highest BCUT2D eigenvalue weighted by Crippen LogP contribution is 2.35. The van der Waals surface area contributed by atoms with Gasteiger partial charge in [0.15, 0.2) is 5.69 Å². The molecule has 3 aromatic rings. The SMILES string of the molecule is COC(=O)c1nn(-c2ccccc2)c(=O)c2c(NC(C)=O)sc(C)c12. The minimum Gasteiger partial charge on any atom is -0.464 e. The summed E-state index contributed by atoms with van der Waals surface area (Å²) in [5.41, 5.74) is 0.130. The van der Waals surface area contributed by atoms with Gasteiger partial charge in [0.1, 0.15) is 5.00 Å². The number of para-hydroxylation sites is 1. The predicted octanol–water partition coefficient (Wildman–Crippen LogP) is 2.50. The van der Waals surface area contributed by atoms with E-state index in [1.54, 1.807) is 31.2 Å². The Hall–Kier alpha value is -3.00. The third-order valence-electron chi connectivity index (χ3n) is 3.60. The van der Waals surface area contributed by atoms with Gasteiger partial charge in [-0.2, -0.15) is 9.78 Å². The number of nitrogens with one attached hydrogen (secondary N) is 1. The van der Waals surface area contributed by atoms with Crippen LogP contribution in [0.25, 0.3) is 16.5 Å². The summed E-state index contributed by atoms with van der Waals surface area (Å²) >= 11 is 1.22. The number of aryl methyl sites for hydroxylation is 1. The molecule has 0 aliphatic rings. The first-order chi connectivity index (χ1) is 11.9. The summed E-state index contributed by atoms with van der Waals surface area (Å²) in [6.45, 7) is 3.12. The van der Waals surface area contributed by atoms with Crippen molar-refractivity contribution in [3.63, 3.8) is 0 Å². The van der Waals surface area contributed by atoms with Gasteiger partial charge in [-0.3, -0.25) is 9.59 Å². The molecule has 8 heteroatoms. The molecule has 2 aromatic heterocycles. The van der Waals surface area contributed by atoms with E-state index in [1.807, 2.05) is 6.07 Å². The molecule has 0 saturated carbocycles. The molecule has 25 heavy (non-hydrogen) atoms. The molecule has 1 amide bonds. The third-order valence-corrected chi connectivity index (χ3v) is 4.62. The Morgan fingerprint density at radius 3 is 2.48 bits per heavy atom. The van der Waals surface area contributed by atoms with Gasteiger partial charge in [-0.05, 0) is 19.1 Å². The second-order valence-corrected chi connectivity index (χ2v) is 6.54. The van der Waals surface area contributed by atoms with Crippen molar-refractivity contribution in [3.05, 3.63) is 51.3 Å². The van der Waals surface area contributed by atoms with Crippen molar-refractivity contribution in [2.75, 3.05) is 12.4 Å². The fourth-order valence-corrected chi connectivity index (χ4v) is 3.66. The van der Waals surface area contributed by atoms with Crippen molar-refractivity contribution < 1.29 is 14.3 Å². The van der Waals surface area contributed by atoms with Crippen LogP contribution in [0.5, 0.6) is 0 Å². The summed E-state index contributed by atoms with van der Waals surface area (Å²) in [7, 11) is 1.25. The van der Waals surface area contributed by atoms with Gasteiger partial charge in [0, 0.05) is 17.2 Å². The molecule has 0 fully saturated rings. The number of hydrogen-bond acceptors (Lipinski definition) is 6. The van der Waals surface area contributed by atoms with Gasteiger partial charge in [-0.15, -0.1) is 11.3 Å². The molecule has 0 unspecified atom stereocenters. The number of aromatic nitrogens is 2. The van der Waals surface area contributed by atoms with Crippen LogP contribution in [0.4, 0.5) is 5.00 Å². The zero-order valence-corrected chi connectivity index (χ0v) is 14.6. The van der Waals surface area contributed by atoms with Crippen LogP contribution in [0.2, 0.25) is 0 Å². The van der Waals surface area contributed by atoms with Crippen molar-refractivity contribution >= 4 is 39.0 Å². The zero-order valence-electron chi connectivity index (χ0n) is 13.8. The van der Waals surface area contributed by atoms with E-state index in [0.29, 0.717) is 21.0 Å². The van der Waals surface area contributed by atoms with E-state index >= 15 is 0 Å². The zero-order chi connectivity index (χ0) is 18.1. The molecular weight excluding hydrogens is 342 g/mol. The lowest BCUT2D eigenvalue weighted by atomic mass is 10.2. The second-order valence-electron chi connectivity index (χ2n) is 5.31. The number of methoxy groups -OCH3 is 1. The van der Waals surface area contributed by atoms with Crippen LogP contribution >= 0.6 is 11.3 Å². The molecular formula is C17H15N3O4S. The number of nitrogens with zero attached hydrogens (tertiary/aromatic N) is 2. The van der Waals surface area contributed by atoms with Crippen LogP contribution in [-0.2, 0) is 9.53 Å². The smallest absolute Gasteiger partial charge is 0.359 e. The Morgan fingerprint density at radius 1 is 1.20 bits per heavy atom. The maximum Gasteiger partial charge on any atom is 0.359 e. The molecule has 1 N–H and O–H groups in total. The van der Waals surface area contributed by atoms with Gasteiger partial charge in [-0.1, -0.05) is 18.2 Å². The third kappa shape index (κ3) is 2.91. The van der Waals surface area contributed by atoms with Crippen molar-refractivity contribution in [1.29, 1.82) is 0 Å². The number of hydrogen-bond donors (Lipinski definition) is 1. The van der Waals surface area contributed by atoms with Gasteiger partial charge >= 0.3 is 5.97 Å². The van der Waals surface area contributed by atoms with Crippen LogP contribution < -0.4 is 10.9 Å². The molecule has 2 heterocycles. The lowest BCUT2D eigenvalue weighted by molar-refractivity contribution is -0.114. The van der Waals surface area contributed by atoms with Crippen molar-refractivity contribution in [1.82, 2.24) is 9.78 Å². The van der Waals surface area contributed by atoms with Gasteiger partial charge in [-0.25, -0.2) is 4.79 Å². The van der Waals surface area contributed by atoms with E-state index < -0.39 is 11.5 Å². The number of anilines is 1. The molecule has 0 spiro atoms. The maximum atomic E-state index is 13.0. The number of fused-ring (bicyclic) bond motifs is 1. The highest BCUT2D eigenvalue weighted by atomic mass is 32.1. The molecule has 0 radical (unpaired) electrons. The summed E-state index contributed by atoms with van der Waals surface area (Å²) in [4.78, 5) is 37.4. The van der Waals surface area contributed by atoms with Gasteiger partial charge in [0.05, 0.1) is 18.2 Å². The molecule has 3 rings (SSSR count). The average molecular weight is 357 g/mol. The standard InChI is InChI=1S/C17H15N3O4S/c1-9-12-13(15(25-9)18-10(2)21)16(22)20(11-7-5-4-6-8-11)19-14(12)17(23)24-3/h4-8H,1-3H3,(H,18,21). The Bertz CT molecular complexity index is 1040. The van der Waals surface area contributed by atoms with Crippen LogP contribution in [0.15, 0.2) is 35.1 Å². The van der Waals surface area contributed by atoms with E-state index in [-0.39, 0.29) is 17.0 Å². The number of ether oxygens (including phenoxy) is 1. The summed E-state index contributed by atoms with van der Waals surface area (Å²) < 4.78 is 5.97. The number of esters is 1. The van der Waals surface area contributed by atoms with E-state index in [0.717, 1.165) is 4.68 Å². The first-order valence-electron chi connectivity index (χ1n) is 7.41. The Balaban J connectivity index is 2.43. The molecule has 128 valence electrons. The van der Waals surface area contributed by atoms with Crippen LogP contribution in [0.1, 0.15) is 22.3 Å². The quantitative estimate of drug-likeness (QED) is 0.728. The fourth-order valence-electron chi connectivity index (χ4n) is 2.57. The summed E-state index contributed by atoms with van der Waals surface area (Å²) in [5, 5.41) is 7.92. The van der Waals surface area contributed by atoms with Crippen molar-refractivity contribution in [3.8, 4) is 5.69 Å². The number of carbonyl (C=O) groups is 2. The first-order valence-corrected chi connectivity index (χ1v) is 8.23. The van der Waals surface area contributed by atoms with Gasteiger partial charge < -0.3 is 10.1 Å². The molecule has 1 aromatic carbocycles. The summed E-state index contributed by atoms with van der Waals surface area (Å²) in [6, 6.07) is 8.75. The molecule has 7 nitrogen and oxygen atoms in total. The topological polar surface area (TPSA) is 90.3 Å². The Morgan fingerprint density at radius 2 is 1.88 bits per heavy atom. The van der Waals surface area contributed by atoms with Crippen LogP contribution in [0, 0.1) is 6.92 Å². The number of carbonyl (C=O) groups excluding carboxylic acids is 2. The predicted molar refractivity (Wildman–Crippen MR) is 95.6 cm³/mol. The number of rotatable bonds is 3. The summed E-state index contributed by atoms with van der Waals surface area (Å²) in [6.07, 6.45) is 0. The molecule has 0 saturated heterocycles. The maximum absolute atomic E-state index is 13.0. The first kappa shape index (κ1) is 16.8. The van der Waals surface area contributed by atoms with E-state index in [9.17, 15) is 14.4 Å². The normalized spacial score (nSPS) is 10.7. The number of amides is 1. The fraction of sp³-hybridized carbons (Fsp3) is 0.176. The number of thiophene rings is 1. The van der Waals surface area contributed by atoms with E-state index in [4.69, 9.17) is 4.74 Å². The monoisotopic (exact) mass is 357 g/mol. The Kier molecular flexibility index (Phi) is 4.37. The van der Waals surface area contributed by atoms with E-state index in [2.05, 4.69) is 10.4 Å². The largest absolute Gasteiger partial charge is 0.464 e. The Labute approximate surface area is 146 Å². The average Bonchev–Trinajstić information content (AvgIpc) is 2.91. The van der Waals surface area contributed by atoms with Crippen molar-refractivity contribution in [2.45, 2.75) is 13.8 Å². The second kappa shape index (κ2) is 6.48. The van der Waals surface area contributed by atoms with E-state index in [1.165, 1.54) is 25.4 Å². The lowest BCUT2D eigenvalue weighted by Crippen LogP contribution is -2.25.